The topological polar surface area (TPSA) is 84.0 Å². The van der Waals surface area contributed by atoms with Crippen LogP contribution in [0.1, 0.15) is 40.3 Å². The van der Waals surface area contributed by atoms with Gasteiger partial charge >= 0.3 is 0 Å². The monoisotopic (exact) mass is 389 g/mol. The van der Waals surface area contributed by atoms with Crippen molar-refractivity contribution in [2.24, 2.45) is 0 Å². The zero-order chi connectivity index (χ0) is 19.8. The molecule has 1 amide bonds. The Balaban J connectivity index is 1.41. The van der Waals surface area contributed by atoms with Gasteiger partial charge in [-0.25, -0.2) is 9.97 Å². The number of rotatable bonds is 2. The Morgan fingerprint density at radius 1 is 1.21 bits per heavy atom. The van der Waals surface area contributed by atoms with Gasteiger partial charge in [0.2, 0.25) is 0 Å². The predicted octanol–water partition coefficient (Wildman–Crippen LogP) is 2.88. The number of aryl methyl sites for hydroxylation is 1. The summed E-state index contributed by atoms with van der Waals surface area (Å²) in [6.07, 6.45) is 4.21. The number of hydrogen-bond acceptors (Lipinski definition) is 5. The normalized spacial score (nSPS) is 17.9. The molecule has 0 aliphatic carbocycles. The maximum Gasteiger partial charge on any atom is 0.274 e. The molecule has 1 aromatic carbocycles. The van der Waals surface area contributed by atoms with Crippen molar-refractivity contribution in [3.63, 3.8) is 0 Å². The minimum Gasteiger partial charge on any atom is -0.368 e. The zero-order valence-electron chi connectivity index (χ0n) is 16.4. The number of benzene rings is 1. The second-order valence-corrected chi connectivity index (χ2v) is 7.75. The summed E-state index contributed by atoms with van der Waals surface area (Å²) >= 11 is 0. The van der Waals surface area contributed by atoms with Crippen LogP contribution in [0.25, 0.3) is 11.4 Å². The largest absolute Gasteiger partial charge is 0.368 e. The molecule has 1 spiro atoms. The van der Waals surface area contributed by atoms with Crippen molar-refractivity contribution < 1.29 is 9.53 Å². The van der Waals surface area contributed by atoms with Crippen LogP contribution in [0.4, 0.5) is 0 Å². The van der Waals surface area contributed by atoms with Crippen molar-refractivity contribution in [2.45, 2.75) is 31.8 Å². The molecule has 0 radical (unpaired) electrons. The number of hydrogen-bond donors (Lipinski definition) is 1. The van der Waals surface area contributed by atoms with Crippen LogP contribution < -0.4 is 0 Å². The van der Waals surface area contributed by atoms with E-state index in [9.17, 15) is 4.79 Å². The Bertz CT molecular complexity index is 1040. The van der Waals surface area contributed by atoms with Crippen LogP contribution in [0.3, 0.4) is 0 Å². The Kier molecular flexibility index (Phi) is 4.39. The van der Waals surface area contributed by atoms with Gasteiger partial charge in [0.05, 0.1) is 12.3 Å². The standard InChI is InChI=1S/C22H23N5O2/c1-15-13-18(26-25-15)21(28)27-10-8-22(9-11-27)19-17(7-12-29-22)14-23-20(24-19)16-5-3-2-4-6-16/h2-6,13-14H,7-12H2,1H3,(H,25,26). The van der Waals surface area contributed by atoms with E-state index in [1.54, 1.807) is 6.07 Å². The average molecular weight is 389 g/mol. The van der Waals surface area contributed by atoms with Gasteiger partial charge in [0.15, 0.2) is 5.82 Å². The summed E-state index contributed by atoms with van der Waals surface area (Å²) in [4.78, 5) is 24.1. The fourth-order valence-corrected chi connectivity index (χ4v) is 4.28. The lowest BCUT2D eigenvalue weighted by Gasteiger charge is -2.44. The van der Waals surface area contributed by atoms with Crippen molar-refractivity contribution in [3.05, 3.63) is 65.2 Å². The molecule has 3 aromatic rings. The highest BCUT2D eigenvalue weighted by Crippen LogP contribution is 2.41. The van der Waals surface area contributed by atoms with Crippen molar-refractivity contribution in [1.82, 2.24) is 25.1 Å². The van der Waals surface area contributed by atoms with Crippen LogP contribution in [0.2, 0.25) is 0 Å². The fraction of sp³-hybridized carbons (Fsp3) is 0.364. The van der Waals surface area contributed by atoms with E-state index >= 15 is 0 Å². The number of carbonyl (C=O) groups is 1. The lowest BCUT2D eigenvalue weighted by atomic mass is 9.83. The van der Waals surface area contributed by atoms with Gasteiger partial charge in [-0.05, 0) is 37.8 Å². The molecular formula is C22H23N5O2. The molecule has 2 aromatic heterocycles. The fourth-order valence-electron chi connectivity index (χ4n) is 4.28. The maximum absolute atomic E-state index is 12.7. The Labute approximate surface area is 169 Å². The third kappa shape index (κ3) is 3.21. The quantitative estimate of drug-likeness (QED) is 0.729. The minimum atomic E-state index is -0.446. The molecule has 2 aliphatic rings. The molecule has 0 atom stereocenters. The van der Waals surface area contributed by atoms with E-state index in [0.717, 1.165) is 47.6 Å². The number of fused-ring (bicyclic) bond motifs is 2. The molecule has 0 unspecified atom stereocenters. The van der Waals surface area contributed by atoms with E-state index in [1.807, 2.05) is 48.4 Å². The highest BCUT2D eigenvalue weighted by Gasteiger charge is 2.43. The summed E-state index contributed by atoms with van der Waals surface area (Å²) < 4.78 is 6.31. The molecule has 4 heterocycles. The van der Waals surface area contributed by atoms with Gasteiger partial charge in [-0.2, -0.15) is 5.10 Å². The third-order valence-electron chi connectivity index (χ3n) is 5.86. The highest BCUT2D eigenvalue weighted by molar-refractivity contribution is 5.92. The number of likely N-dealkylation sites (tertiary alicyclic amines) is 1. The minimum absolute atomic E-state index is 0.0344. The Morgan fingerprint density at radius 2 is 2.00 bits per heavy atom. The SMILES string of the molecule is Cc1cc(C(=O)N2CCC3(CC2)OCCc2cnc(-c4ccccc4)nc23)n[nH]1. The lowest BCUT2D eigenvalue weighted by molar-refractivity contribution is -0.0967. The third-order valence-corrected chi connectivity index (χ3v) is 5.86. The predicted molar refractivity (Wildman–Crippen MR) is 107 cm³/mol. The summed E-state index contributed by atoms with van der Waals surface area (Å²) in [6, 6.07) is 11.8. The van der Waals surface area contributed by atoms with Gasteiger partial charge in [-0.1, -0.05) is 30.3 Å². The van der Waals surface area contributed by atoms with Crippen LogP contribution in [-0.2, 0) is 16.8 Å². The first-order valence-electron chi connectivity index (χ1n) is 10.0. The molecule has 1 saturated heterocycles. The summed E-state index contributed by atoms with van der Waals surface area (Å²) in [7, 11) is 0. The van der Waals surface area contributed by atoms with Crippen molar-refractivity contribution in [3.8, 4) is 11.4 Å². The zero-order valence-corrected chi connectivity index (χ0v) is 16.4. The number of nitrogens with one attached hydrogen (secondary N) is 1. The van der Waals surface area contributed by atoms with Gasteiger partial charge < -0.3 is 9.64 Å². The van der Waals surface area contributed by atoms with Crippen molar-refractivity contribution in [1.29, 1.82) is 0 Å². The van der Waals surface area contributed by atoms with Gasteiger partial charge in [0.25, 0.3) is 5.91 Å². The van der Waals surface area contributed by atoms with Gasteiger partial charge in [0.1, 0.15) is 11.3 Å². The molecule has 1 N–H and O–H groups in total. The molecule has 7 heteroatoms. The van der Waals surface area contributed by atoms with Crippen LogP contribution in [0.5, 0.6) is 0 Å². The van der Waals surface area contributed by atoms with E-state index in [2.05, 4.69) is 15.2 Å². The molecular weight excluding hydrogens is 366 g/mol. The molecule has 7 nitrogen and oxygen atoms in total. The van der Waals surface area contributed by atoms with Crippen molar-refractivity contribution in [2.75, 3.05) is 19.7 Å². The number of aromatic amines is 1. The number of aromatic nitrogens is 4. The second kappa shape index (κ2) is 7.08. The van der Waals surface area contributed by atoms with Gasteiger partial charge in [-0.3, -0.25) is 9.89 Å². The van der Waals surface area contributed by atoms with Gasteiger partial charge in [-0.15, -0.1) is 0 Å². The van der Waals surface area contributed by atoms with Crippen LogP contribution in [0.15, 0.2) is 42.6 Å². The second-order valence-electron chi connectivity index (χ2n) is 7.75. The number of ether oxygens (including phenoxy) is 1. The van der Waals surface area contributed by atoms with Crippen LogP contribution >= 0.6 is 0 Å². The number of amides is 1. The molecule has 5 rings (SSSR count). The number of piperidine rings is 1. The van der Waals surface area contributed by atoms with Crippen molar-refractivity contribution >= 4 is 5.91 Å². The summed E-state index contributed by atoms with van der Waals surface area (Å²) in [5, 5.41) is 6.95. The molecule has 148 valence electrons. The lowest BCUT2D eigenvalue weighted by Crippen LogP contribution is -2.49. The molecule has 0 bridgehead atoms. The number of carbonyl (C=O) groups excluding carboxylic acids is 1. The van der Waals surface area contributed by atoms with Gasteiger partial charge in [0, 0.05) is 30.5 Å². The summed E-state index contributed by atoms with van der Waals surface area (Å²) in [5.41, 5.74) is 4.04. The van der Waals surface area contributed by atoms with E-state index in [0.29, 0.717) is 25.4 Å². The van der Waals surface area contributed by atoms with Crippen LogP contribution in [0, 0.1) is 6.92 Å². The first kappa shape index (κ1) is 18.0. The average Bonchev–Trinajstić information content (AvgIpc) is 3.21. The smallest absolute Gasteiger partial charge is 0.274 e. The number of nitrogens with zero attached hydrogens (tertiary/aromatic N) is 4. The maximum atomic E-state index is 12.7. The Hall–Kier alpha value is -3.06. The number of H-pyrrole nitrogens is 1. The molecule has 29 heavy (non-hydrogen) atoms. The highest BCUT2D eigenvalue weighted by atomic mass is 16.5. The molecule has 0 saturated carbocycles. The van der Waals surface area contributed by atoms with Crippen LogP contribution in [-0.4, -0.2) is 50.7 Å². The van der Waals surface area contributed by atoms with E-state index in [1.165, 1.54) is 0 Å². The summed E-state index contributed by atoms with van der Waals surface area (Å²) in [5.74, 6) is 0.688. The Morgan fingerprint density at radius 3 is 2.72 bits per heavy atom. The van der Waals surface area contributed by atoms with E-state index in [-0.39, 0.29) is 5.91 Å². The first-order chi connectivity index (χ1) is 14.1. The molecule has 2 aliphatic heterocycles. The van der Waals surface area contributed by atoms with E-state index < -0.39 is 5.60 Å². The van der Waals surface area contributed by atoms with E-state index in [4.69, 9.17) is 9.72 Å². The molecule has 1 fully saturated rings. The first-order valence-corrected chi connectivity index (χ1v) is 10.0. The summed E-state index contributed by atoms with van der Waals surface area (Å²) in [6.45, 7) is 3.79.